The van der Waals surface area contributed by atoms with Crippen molar-refractivity contribution in [3.63, 3.8) is 0 Å². The van der Waals surface area contributed by atoms with Crippen LogP contribution in [0.15, 0.2) is 73.3 Å². The quantitative estimate of drug-likeness (QED) is 0.649. The van der Waals surface area contributed by atoms with Gasteiger partial charge >= 0.3 is 0 Å². The summed E-state index contributed by atoms with van der Waals surface area (Å²) in [5.74, 6) is -0.0602. The van der Waals surface area contributed by atoms with E-state index in [0.717, 1.165) is 29.5 Å². The van der Waals surface area contributed by atoms with Crippen molar-refractivity contribution in [3.8, 4) is 11.1 Å². The van der Waals surface area contributed by atoms with E-state index in [1.165, 1.54) is 0 Å². The Bertz CT molecular complexity index is 1070. The molecule has 3 heterocycles. The number of nitrogens with one attached hydrogen (secondary N) is 1. The van der Waals surface area contributed by atoms with Crippen molar-refractivity contribution in [3.05, 3.63) is 84.4 Å². The third-order valence-electron chi connectivity index (χ3n) is 6.07. The lowest BCUT2D eigenvalue weighted by Gasteiger charge is -2.42. The molecule has 3 aromatic rings. The summed E-state index contributed by atoms with van der Waals surface area (Å²) in [4.78, 5) is 36.4. The van der Waals surface area contributed by atoms with Gasteiger partial charge in [0, 0.05) is 44.4 Å². The van der Waals surface area contributed by atoms with Crippen LogP contribution in [0.5, 0.6) is 0 Å². The molecule has 0 unspecified atom stereocenters. The van der Waals surface area contributed by atoms with Gasteiger partial charge in [0.2, 0.25) is 5.91 Å². The molecular formula is C26H28N4O2. The fraction of sp³-hybridized carbons (Fsp3) is 0.308. The number of amides is 2. The van der Waals surface area contributed by atoms with E-state index in [-0.39, 0.29) is 11.8 Å². The third kappa shape index (κ3) is 4.69. The van der Waals surface area contributed by atoms with Gasteiger partial charge in [-0.1, -0.05) is 24.3 Å². The van der Waals surface area contributed by atoms with Crippen LogP contribution < -0.4 is 5.32 Å². The fourth-order valence-electron chi connectivity index (χ4n) is 4.53. The van der Waals surface area contributed by atoms with Crippen molar-refractivity contribution in [2.24, 2.45) is 5.41 Å². The van der Waals surface area contributed by atoms with Crippen LogP contribution in [0.1, 0.15) is 35.7 Å². The maximum atomic E-state index is 13.3. The zero-order valence-electron chi connectivity index (χ0n) is 18.3. The minimum Gasteiger partial charge on any atom is -0.356 e. The first-order valence-electron chi connectivity index (χ1n) is 11.1. The van der Waals surface area contributed by atoms with E-state index in [2.05, 4.69) is 33.5 Å². The van der Waals surface area contributed by atoms with Crippen LogP contribution in [0, 0.1) is 5.41 Å². The summed E-state index contributed by atoms with van der Waals surface area (Å²) in [5.41, 5.74) is 3.16. The van der Waals surface area contributed by atoms with Gasteiger partial charge in [-0.15, -0.1) is 0 Å². The lowest BCUT2D eigenvalue weighted by Crippen LogP contribution is -2.54. The number of likely N-dealkylation sites (tertiary alicyclic amines) is 1. The van der Waals surface area contributed by atoms with Crippen molar-refractivity contribution in [1.29, 1.82) is 0 Å². The van der Waals surface area contributed by atoms with Crippen molar-refractivity contribution in [2.45, 2.75) is 26.2 Å². The lowest BCUT2D eigenvalue weighted by molar-refractivity contribution is -0.133. The second-order valence-electron chi connectivity index (χ2n) is 8.32. The molecule has 0 saturated carbocycles. The SMILES string of the molecule is CCNC(=O)[C@@]1(Cc2cccc(-c3ccncc3)c2)CCCN(C(=O)c2cccnc2)C1. The second kappa shape index (κ2) is 9.73. The largest absolute Gasteiger partial charge is 0.356 e. The van der Waals surface area contributed by atoms with Gasteiger partial charge in [0.25, 0.3) is 5.91 Å². The molecule has 2 amide bonds. The number of aromatic nitrogens is 2. The smallest absolute Gasteiger partial charge is 0.255 e. The Labute approximate surface area is 188 Å². The Balaban J connectivity index is 1.62. The number of nitrogens with zero attached hydrogens (tertiary/aromatic N) is 3. The summed E-state index contributed by atoms with van der Waals surface area (Å²) in [6.45, 7) is 3.53. The summed E-state index contributed by atoms with van der Waals surface area (Å²) in [5, 5.41) is 3.02. The normalized spacial score (nSPS) is 18.2. The summed E-state index contributed by atoms with van der Waals surface area (Å²) < 4.78 is 0. The number of benzene rings is 1. The van der Waals surface area contributed by atoms with Crippen LogP contribution in [0.4, 0.5) is 0 Å². The molecule has 1 fully saturated rings. The van der Waals surface area contributed by atoms with Crippen LogP contribution in [-0.2, 0) is 11.2 Å². The van der Waals surface area contributed by atoms with Gasteiger partial charge in [-0.2, -0.15) is 0 Å². The first-order valence-corrected chi connectivity index (χ1v) is 11.1. The number of hydrogen-bond donors (Lipinski definition) is 1. The van der Waals surface area contributed by atoms with E-state index in [1.807, 2.05) is 30.0 Å². The molecule has 0 aliphatic carbocycles. The molecule has 1 aliphatic heterocycles. The summed E-state index contributed by atoms with van der Waals surface area (Å²) in [6, 6.07) is 15.8. The molecule has 0 bridgehead atoms. The number of piperidine rings is 1. The molecule has 164 valence electrons. The maximum Gasteiger partial charge on any atom is 0.255 e. The molecule has 1 atom stereocenters. The summed E-state index contributed by atoms with van der Waals surface area (Å²) >= 11 is 0. The molecule has 4 rings (SSSR count). The highest BCUT2D eigenvalue weighted by atomic mass is 16.2. The van der Waals surface area contributed by atoms with Gasteiger partial charge in [0.15, 0.2) is 0 Å². The van der Waals surface area contributed by atoms with Crippen LogP contribution in [0.3, 0.4) is 0 Å². The molecule has 1 saturated heterocycles. The van der Waals surface area contributed by atoms with Gasteiger partial charge < -0.3 is 10.2 Å². The Hall–Kier alpha value is -3.54. The van der Waals surface area contributed by atoms with Crippen LogP contribution in [0.2, 0.25) is 0 Å². The topological polar surface area (TPSA) is 75.2 Å². The van der Waals surface area contributed by atoms with Crippen LogP contribution in [-0.4, -0.2) is 46.3 Å². The van der Waals surface area contributed by atoms with Crippen LogP contribution in [0.25, 0.3) is 11.1 Å². The van der Waals surface area contributed by atoms with Crippen molar-refractivity contribution in [2.75, 3.05) is 19.6 Å². The number of carbonyl (C=O) groups is 2. The van der Waals surface area contributed by atoms with Gasteiger partial charge in [-0.25, -0.2) is 0 Å². The van der Waals surface area contributed by atoms with Gasteiger partial charge in [-0.3, -0.25) is 19.6 Å². The first-order chi connectivity index (χ1) is 15.6. The highest BCUT2D eigenvalue weighted by Crippen LogP contribution is 2.35. The molecule has 6 heteroatoms. The number of pyridine rings is 2. The van der Waals surface area contributed by atoms with Gasteiger partial charge in [-0.05, 0) is 67.1 Å². The average molecular weight is 429 g/mol. The van der Waals surface area contributed by atoms with E-state index in [9.17, 15) is 9.59 Å². The highest BCUT2D eigenvalue weighted by Gasteiger charge is 2.43. The summed E-state index contributed by atoms with van der Waals surface area (Å²) in [7, 11) is 0. The van der Waals surface area contributed by atoms with Crippen molar-refractivity contribution < 1.29 is 9.59 Å². The molecular weight excluding hydrogens is 400 g/mol. The zero-order chi connectivity index (χ0) is 22.4. The minimum absolute atomic E-state index is 0.0120. The van der Waals surface area contributed by atoms with E-state index in [1.54, 1.807) is 36.9 Å². The number of hydrogen-bond acceptors (Lipinski definition) is 4. The molecule has 6 nitrogen and oxygen atoms in total. The average Bonchev–Trinajstić information content (AvgIpc) is 2.85. The fourth-order valence-corrected chi connectivity index (χ4v) is 4.53. The van der Waals surface area contributed by atoms with E-state index in [0.29, 0.717) is 31.6 Å². The Kier molecular flexibility index (Phi) is 6.59. The molecule has 1 aromatic carbocycles. The predicted octanol–water partition coefficient (Wildman–Crippen LogP) is 3.74. The summed E-state index contributed by atoms with van der Waals surface area (Å²) in [6.07, 6.45) is 8.91. The van der Waals surface area contributed by atoms with E-state index < -0.39 is 5.41 Å². The lowest BCUT2D eigenvalue weighted by atomic mass is 9.73. The highest BCUT2D eigenvalue weighted by molar-refractivity contribution is 5.94. The monoisotopic (exact) mass is 428 g/mol. The molecule has 0 radical (unpaired) electrons. The van der Waals surface area contributed by atoms with Crippen LogP contribution >= 0.6 is 0 Å². The van der Waals surface area contributed by atoms with E-state index >= 15 is 0 Å². The maximum absolute atomic E-state index is 13.3. The van der Waals surface area contributed by atoms with Gasteiger partial charge in [0.05, 0.1) is 11.0 Å². The predicted molar refractivity (Wildman–Crippen MR) is 124 cm³/mol. The van der Waals surface area contributed by atoms with E-state index in [4.69, 9.17) is 0 Å². The Morgan fingerprint density at radius 2 is 1.88 bits per heavy atom. The molecule has 1 aliphatic rings. The molecule has 0 spiro atoms. The Morgan fingerprint density at radius 3 is 2.62 bits per heavy atom. The Morgan fingerprint density at radius 1 is 1.03 bits per heavy atom. The molecule has 2 aromatic heterocycles. The number of rotatable bonds is 6. The molecule has 32 heavy (non-hydrogen) atoms. The zero-order valence-corrected chi connectivity index (χ0v) is 18.3. The first kappa shape index (κ1) is 21.7. The second-order valence-corrected chi connectivity index (χ2v) is 8.32. The van der Waals surface area contributed by atoms with Crippen molar-refractivity contribution in [1.82, 2.24) is 20.2 Å². The van der Waals surface area contributed by atoms with Gasteiger partial charge in [0.1, 0.15) is 0 Å². The van der Waals surface area contributed by atoms with Crippen molar-refractivity contribution >= 4 is 11.8 Å². The standard InChI is InChI=1S/C26H28N4O2/c1-2-29-25(32)26(11-5-15-30(19-26)24(31)23-8-4-12-28-18-23)17-20-6-3-7-22(16-20)21-9-13-27-14-10-21/h3-4,6-10,12-14,16,18H,2,5,11,15,17,19H2,1H3,(H,29,32)/t26-/m1/s1. The number of carbonyl (C=O) groups excluding carboxylic acids is 2. The minimum atomic E-state index is -0.664. The molecule has 1 N–H and O–H groups in total. The third-order valence-corrected chi connectivity index (χ3v) is 6.07.